The molecule has 2 fully saturated rings. The molecule has 7 nitrogen and oxygen atoms in total. The maximum atomic E-state index is 13.3. The van der Waals surface area contributed by atoms with Crippen LogP contribution in [0, 0.1) is 6.92 Å². The molecule has 1 N–H and O–H groups in total. The Morgan fingerprint density at radius 3 is 2.48 bits per heavy atom. The van der Waals surface area contributed by atoms with E-state index in [1.165, 1.54) is 4.90 Å². The van der Waals surface area contributed by atoms with Gasteiger partial charge in [-0.2, -0.15) is 0 Å². The summed E-state index contributed by atoms with van der Waals surface area (Å²) in [6.45, 7) is 5.40. The van der Waals surface area contributed by atoms with Crippen LogP contribution in [-0.2, 0) is 11.3 Å². The lowest BCUT2D eigenvalue weighted by atomic mass is 9.88. The lowest BCUT2D eigenvalue weighted by Crippen LogP contribution is -2.59. The maximum absolute atomic E-state index is 13.3. The molecule has 0 aliphatic carbocycles. The van der Waals surface area contributed by atoms with Crippen molar-refractivity contribution in [1.29, 1.82) is 0 Å². The van der Waals surface area contributed by atoms with Crippen LogP contribution in [0.1, 0.15) is 41.3 Å². The summed E-state index contributed by atoms with van der Waals surface area (Å²) < 4.78 is 5.43. The number of aryl methyl sites for hydroxylation is 1. The molecule has 2 aliphatic rings. The van der Waals surface area contributed by atoms with Crippen LogP contribution in [0.2, 0.25) is 0 Å². The van der Waals surface area contributed by atoms with Gasteiger partial charge in [0.05, 0.1) is 19.7 Å². The average Bonchev–Trinajstić information content (AvgIpc) is 2.99. The predicted octanol–water partition coefficient (Wildman–Crippen LogP) is 3.12. The second kappa shape index (κ2) is 8.41. The van der Waals surface area contributed by atoms with Gasteiger partial charge in [0.25, 0.3) is 11.8 Å². The summed E-state index contributed by atoms with van der Waals surface area (Å²) in [5.74, 6) is 0.294. The van der Waals surface area contributed by atoms with Gasteiger partial charge < -0.3 is 15.0 Å². The molecule has 162 valence electrons. The van der Waals surface area contributed by atoms with Gasteiger partial charge in [-0.05, 0) is 56.5 Å². The van der Waals surface area contributed by atoms with Gasteiger partial charge in [-0.3, -0.25) is 14.5 Å². The van der Waals surface area contributed by atoms with Crippen molar-refractivity contribution in [3.8, 4) is 5.75 Å². The van der Waals surface area contributed by atoms with Crippen LogP contribution >= 0.6 is 0 Å². The van der Waals surface area contributed by atoms with E-state index in [2.05, 4.69) is 5.32 Å². The highest BCUT2D eigenvalue weighted by atomic mass is 16.5. The van der Waals surface area contributed by atoms with Gasteiger partial charge in [-0.25, -0.2) is 4.79 Å². The third-order valence-electron chi connectivity index (χ3n) is 5.90. The minimum absolute atomic E-state index is 0.152. The third-order valence-corrected chi connectivity index (χ3v) is 5.90. The van der Waals surface area contributed by atoms with Crippen molar-refractivity contribution in [2.24, 2.45) is 0 Å². The zero-order valence-electron chi connectivity index (χ0n) is 17.9. The Labute approximate surface area is 182 Å². The highest BCUT2D eigenvalue weighted by Gasteiger charge is 2.53. The van der Waals surface area contributed by atoms with Crippen LogP contribution in [-0.4, -0.2) is 52.9 Å². The van der Waals surface area contributed by atoms with E-state index in [4.69, 9.17) is 4.74 Å². The summed E-state index contributed by atoms with van der Waals surface area (Å²) in [4.78, 5) is 41.9. The molecular weight excluding hydrogens is 394 g/mol. The molecule has 1 spiro atoms. The first-order valence-corrected chi connectivity index (χ1v) is 10.6. The fraction of sp³-hybridized carbons (Fsp3) is 0.375. The molecule has 4 amide bonds. The normalized spacial score (nSPS) is 20.8. The van der Waals surface area contributed by atoms with Crippen molar-refractivity contribution in [2.75, 3.05) is 19.7 Å². The predicted molar refractivity (Wildman–Crippen MR) is 116 cm³/mol. The highest BCUT2D eigenvalue weighted by Crippen LogP contribution is 2.30. The van der Waals surface area contributed by atoms with E-state index < -0.39 is 11.6 Å². The number of nitrogens with one attached hydrogen (secondary N) is 1. The van der Waals surface area contributed by atoms with E-state index in [0.29, 0.717) is 37.3 Å². The largest absolute Gasteiger partial charge is 0.494 e. The Morgan fingerprint density at radius 2 is 1.81 bits per heavy atom. The highest BCUT2D eigenvalue weighted by molar-refractivity contribution is 6.07. The quantitative estimate of drug-likeness (QED) is 0.753. The molecule has 7 heteroatoms. The van der Waals surface area contributed by atoms with E-state index >= 15 is 0 Å². The van der Waals surface area contributed by atoms with Gasteiger partial charge in [-0.1, -0.05) is 29.8 Å². The van der Waals surface area contributed by atoms with Gasteiger partial charge in [0, 0.05) is 12.1 Å². The van der Waals surface area contributed by atoms with Crippen molar-refractivity contribution in [3.05, 3.63) is 65.2 Å². The Bertz CT molecular complexity index is 987. The SMILES string of the molecule is CCOc1ccc(C(=O)N2CCCC3(C2)NC(=O)N(Cc2ccc(C)cc2)C3=O)cc1. The Balaban J connectivity index is 1.48. The van der Waals surface area contributed by atoms with E-state index in [1.807, 2.05) is 38.1 Å². The number of ether oxygens (including phenoxy) is 1. The first-order chi connectivity index (χ1) is 14.9. The molecule has 2 aromatic rings. The van der Waals surface area contributed by atoms with Crippen molar-refractivity contribution < 1.29 is 19.1 Å². The Morgan fingerprint density at radius 1 is 1.10 bits per heavy atom. The van der Waals surface area contributed by atoms with Crippen LogP contribution in [0.5, 0.6) is 5.75 Å². The number of likely N-dealkylation sites (tertiary alicyclic amines) is 1. The standard InChI is InChI=1S/C24H27N3O4/c1-3-31-20-11-9-19(10-12-20)21(28)26-14-4-13-24(16-26)22(29)27(23(30)25-24)15-18-7-5-17(2)6-8-18/h5-12H,3-4,13-16H2,1-2H3,(H,25,30). The number of carbonyl (C=O) groups is 3. The number of imide groups is 1. The first kappa shape index (κ1) is 20.9. The smallest absolute Gasteiger partial charge is 0.325 e. The fourth-order valence-electron chi connectivity index (χ4n) is 4.24. The second-order valence-electron chi connectivity index (χ2n) is 8.18. The summed E-state index contributed by atoms with van der Waals surface area (Å²) in [6, 6.07) is 14.3. The number of hydrogen-bond donors (Lipinski definition) is 1. The third kappa shape index (κ3) is 4.13. The van der Waals surface area contributed by atoms with Gasteiger partial charge in [0.1, 0.15) is 11.3 Å². The molecule has 2 aromatic carbocycles. The molecular formula is C24H27N3O4. The van der Waals surface area contributed by atoms with E-state index in [0.717, 1.165) is 11.1 Å². The van der Waals surface area contributed by atoms with Gasteiger partial charge in [-0.15, -0.1) is 0 Å². The van der Waals surface area contributed by atoms with Crippen LogP contribution in [0.3, 0.4) is 0 Å². The van der Waals surface area contributed by atoms with Crippen LogP contribution < -0.4 is 10.1 Å². The van der Waals surface area contributed by atoms with Crippen molar-refractivity contribution in [1.82, 2.24) is 15.1 Å². The summed E-state index contributed by atoms with van der Waals surface area (Å²) in [6.07, 6.45) is 1.17. The number of amides is 4. The van der Waals surface area contributed by atoms with E-state index in [-0.39, 0.29) is 24.9 Å². The number of piperidine rings is 1. The summed E-state index contributed by atoms with van der Waals surface area (Å²) in [5, 5.41) is 2.89. The molecule has 2 aliphatic heterocycles. The summed E-state index contributed by atoms with van der Waals surface area (Å²) >= 11 is 0. The number of carbonyl (C=O) groups excluding carboxylic acids is 3. The monoisotopic (exact) mass is 421 g/mol. The molecule has 0 bridgehead atoms. The van der Waals surface area contributed by atoms with Crippen LogP contribution in [0.25, 0.3) is 0 Å². The summed E-state index contributed by atoms with van der Waals surface area (Å²) in [5.41, 5.74) is 1.49. The molecule has 2 heterocycles. The van der Waals surface area contributed by atoms with E-state index in [1.54, 1.807) is 29.2 Å². The molecule has 0 aromatic heterocycles. The number of benzene rings is 2. The maximum Gasteiger partial charge on any atom is 0.325 e. The molecule has 4 rings (SSSR count). The Hall–Kier alpha value is -3.35. The molecule has 0 radical (unpaired) electrons. The van der Waals surface area contributed by atoms with Gasteiger partial charge in [0.15, 0.2) is 0 Å². The van der Waals surface area contributed by atoms with Crippen LogP contribution in [0.15, 0.2) is 48.5 Å². The molecule has 0 saturated carbocycles. The zero-order valence-corrected chi connectivity index (χ0v) is 17.9. The number of urea groups is 1. The van der Waals surface area contributed by atoms with Crippen LogP contribution in [0.4, 0.5) is 4.79 Å². The minimum atomic E-state index is -1.05. The van der Waals surface area contributed by atoms with Gasteiger partial charge in [0.2, 0.25) is 0 Å². The fourth-order valence-corrected chi connectivity index (χ4v) is 4.24. The number of rotatable bonds is 5. The van der Waals surface area contributed by atoms with E-state index in [9.17, 15) is 14.4 Å². The first-order valence-electron chi connectivity index (χ1n) is 10.6. The average molecular weight is 421 g/mol. The second-order valence-corrected chi connectivity index (χ2v) is 8.18. The van der Waals surface area contributed by atoms with Gasteiger partial charge >= 0.3 is 6.03 Å². The molecule has 1 unspecified atom stereocenters. The van der Waals surface area contributed by atoms with Crippen molar-refractivity contribution in [2.45, 2.75) is 38.8 Å². The lowest BCUT2D eigenvalue weighted by Gasteiger charge is -2.38. The number of nitrogens with zero attached hydrogens (tertiary/aromatic N) is 2. The molecule has 31 heavy (non-hydrogen) atoms. The molecule has 2 saturated heterocycles. The van der Waals surface area contributed by atoms with Crippen molar-refractivity contribution >= 4 is 17.8 Å². The lowest BCUT2D eigenvalue weighted by molar-refractivity contribution is -0.133. The topological polar surface area (TPSA) is 79.0 Å². The zero-order chi connectivity index (χ0) is 22.0. The van der Waals surface area contributed by atoms with Crippen molar-refractivity contribution in [3.63, 3.8) is 0 Å². The number of hydrogen-bond acceptors (Lipinski definition) is 4. The molecule has 1 atom stereocenters. The Kier molecular flexibility index (Phi) is 5.67. The minimum Gasteiger partial charge on any atom is -0.494 e. The summed E-state index contributed by atoms with van der Waals surface area (Å²) in [7, 11) is 0.